The Morgan fingerprint density at radius 2 is 1.95 bits per heavy atom. The number of hydrogen-bond acceptors (Lipinski definition) is 1. The van der Waals surface area contributed by atoms with E-state index in [4.69, 9.17) is 0 Å². The summed E-state index contributed by atoms with van der Waals surface area (Å²) >= 11 is 0. The van der Waals surface area contributed by atoms with E-state index in [9.17, 15) is 4.79 Å². The molecular formula is C17H23NO. The first-order valence-electron chi connectivity index (χ1n) is 7.51. The highest BCUT2D eigenvalue weighted by Gasteiger charge is 2.42. The number of rotatable bonds is 3. The number of aryl methyl sites for hydroxylation is 1. The summed E-state index contributed by atoms with van der Waals surface area (Å²) in [6, 6.07) is 8.13. The van der Waals surface area contributed by atoms with Gasteiger partial charge in [0.15, 0.2) is 0 Å². The predicted octanol–water partition coefficient (Wildman–Crippen LogP) is 3.55. The van der Waals surface area contributed by atoms with Gasteiger partial charge < -0.3 is 5.32 Å². The Bertz CT molecular complexity index is 465. The molecule has 1 N–H and O–H groups in total. The first-order chi connectivity index (χ1) is 9.13. The fourth-order valence-electron chi connectivity index (χ4n) is 4.01. The minimum absolute atomic E-state index is 0.0790. The Balaban J connectivity index is 1.61. The van der Waals surface area contributed by atoms with Gasteiger partial charge in [0, 0.05) is 11.6 Å². The molecule has 0 aromatic heterocycles. The summed E-state index contributed by atoms with van der Waals surface area (Å²) in [7, 11) is 0. The number of hydrogen-bond donors (Lipinski definition) is 1. The number of amides is 1. The Hall–Kier alpha value is -1.31. The van der Waals surface area contributed by atoms with Crippen LogP contribution in [0.3, 0.4) is 0 Å². The van der Waals surface area contributed by atoms with Crippen molar-refractivity contribution in [3.8, 4) is 0 Å². The molecule has 0 unspecified atom stereocenters. The van der Waals surface area contributed by atoms with Crippen LogP contribution in [0.5, 0.6) is 0 Å². The maximum absolute atomic E-state index is 12.2. The van der Waals surface area contributed by atoms with Crippen LogP contribution in [0.2, 0.25) is 0 Å². The minimum Gasteiger partial charge on any atom is -0.349 e. The third kappa shape index (κ3) is 2.54. The van der Waals surface area contributed by atoms with Gasteiger partial charge in [-0.3, -0.25) is 4.79 Å². The molecule has 2 aliphatic rings. The summed E-state index contributed by atoms with van der Waals surface area (Å²) in [4.78, 5) is 12.2. The maximum atomic E-state index is 12.2. The first-order valence-corrected chi connectivity index (χ1v) is 7.51. The van der Waals surface area contributed by atoms with Crippen molar-refractivity contribution in [3.63, 3.8) is 0 Å². The topological polar surface area (TPSA) is 29.1 Å². The molecule has 0 aliphatic heterocycles. The fraction of sp³-hybridized carbons (Fsp3) is 0.588. The lowest BCUT2D eigenvalue weighted by molar-refractivity contribution is 0.0915. The first kappa shape index (κ1) is 12.7. The molecule has 19 heavy (non-hydrogen) atoms. The third-order valence-corrected chi connectivity index (χ3v) is 5.11. The van der Waals surface area contributed by atoms with E-state index in [2.05, 4.69) is 12.2 Å². The highest BCUT2D eigenvalue weighted by molar-refractivity contribution is 5.94. The van der Waals surface area contributed by atoms with E-state index < -0.39 is 0 Å². The van der Waals surface area contributed by atoms with Crippen molar-refractivity contribution in [1.82, 2.24) is 5.32 Å². The summed E-state index contributed by atoms with van der Waals surface area (Å²) < 4.78 is 0. The monoisotopic (exact) mass is 257 g/mol. The lowest BCUT2D eigenvalue weighted by atomic mass is 9.84. The van der Waals surface area contributed by atoms with Gasteiger partial charge in [0.1, 0.15) is 0 Å². The summed E-state index contributed by atoms with van der Waals surface area (Å²) in [5, 5.41) is 3.20. The fourth-order valence-corrected chi connectivity index (χ4v) is 4.01. The van der Waals surface area contributed by atoms with Crippen LogP contribution in [-0.2, 0) is 0 Å². The average Bonchev–Trinajstić information content (AvgIpc) is 3.01. The van der Waals surface area contributed by atoms with Crippen molar-refractivity contribution in [2.24, 2.45) is 17.8 Å². The van der Waals surface area contributed by atoms with Crippen LogP contribution in [0, 0.1) is 24.7 Å². The maximum Gasteiger partial charge on any atom is 0.251 e. The molecule has 2 heteroatoms. The number of nitrogens with one attached hydrogen (secondary N) is 1. The Morgan fingerprint density at radius 3 is 2.53 bits per heavy atom. The zero-order chi connectivity index (χ0) is 13.4. The number of carbonyl (C=O) groups is 1. The van der Waals surface area contributed by atoms with E-state index in [0.717, 1.165) is 17.4 Å². The lowest BCUT2D eigenvalue weighted by Crippen LogP contribution is -2.40. The largest absolute Gasteiger partial charge is 0.349 e. The number of carbonyl (C=O) groups excluding carboxylic acids is 1. The van der Waals surface area contributed by atoms with E-state index in [1.54, 1.807) is 0 Å². The summed E-state index contributed by atoms with van der Waals surface area (Å²) in [6.07, 6.45) is 5.51. The van der Waals surface area contributed by atoms with E-state index in [-0.39, 0.29) is 5.91 Å². The van der Waals surface area contributed by atoms with Gasteiger partial charge in [0.05, 0.1) is 0 Å². The molecule has 0 spiro atoms. The van der Waals surface area contributed by atoms with E-state index in [1.165, 1.54) is 31.2 Å². The van der Waals surface area contributed by atoms with Crippen molar-refractivity contribution < 1.29 is 4.79 Å². The SMILES string of the molecule is Cc1ccc(C(=O)N[C@H](C)[C@@H]2C[C@@H]3CC[C@@H]2C3)cc1. The molecule has 1 aromatic rings. The van der Waals surface area contributed by atoms with E-state index in [0.29, 0.717) is 12.0 Å². The molecule has 102 valence electrons. The number of fused-ring (bicyclic) bond motifs is 2. The molecule has 2 aliphatic carbocycles. The van der Waals surface area contributed by atoms with Gasteiger partial charge in [-0.1, -0.05) is 24.1 Å². The number of benzene rings is 1. The van der Waals surface area contributed by atoms with Gasteiger partial charge in [0.25, 0.3) is 5.91 Å². The van der Waals surface area contributed by atoms with Crippen LogP contribution < -0.4 is 5.32 Å². The van der Waals surface area contributed by atoms with Gasteiger partial charge in [0.2, 0.25) is 0 Å². The normalized spacial score (nSPS) is 30.3. The molecule has 2 bridgehead atoms. The molecule has 1 aromatic carbocycles. The van der Waals surface area contributed by atoms with Crippen molar-refractivity contribution in [1.29, 1.82) is 0 Å². The molecule has 2 saturated carbocycles. The van der Waals surface area contributed by atoms with Crippen molar-refractivity contribution in [2.75, 3.05) is 0 Å². The van der Waals surface area contributed by atoms with Crippen molar-refractivity contribution in [3.05, 3.63) is 35.4 Å². The molecular weight excluding hydrogens is 234 g/mol. The smallest absolute Gasteiger partial charge is 0.251 e. The van der Waals surface area contributed by atoms with Crippen molar-refractivity contribution >= 4 is 5.91 Å². The average molecular weight is 257 g/mol. The minimum atomic E-state index is 0.0790. The van der Waals surface area contributed by atoms with Gasteiger partial charge in [-0.15, -0.1) is 0 Å². The molecule has 2 fully saturated rings. The van der Waals surface area contributed by atoms with Crippen LogP contribution in [0.4, 0.5) is 0 Å². The van der Waals surface area contributed by atoms with Gasteiger partial charge >= 0.3 is 0 Å². The summed E-state index contributed by atoms with van der Waals surface area (Å²) in [5.41, 5.74) is 1.97. The Labute approximate surface area is 115 Å². The zero-order valence-electron chi connectivity index (χ0n) is 11.9. The second-order valence-corrected chi connectivity index (χ2v) is 6.47. The van der Waals surface area contributed by atoms with Crippen LogP contribution in [0.1, 0.15) is 48.5 Å². The Kier molecular flexibility index (Phi) is 3.34. The molecule has 3 rings (SSSR count). The lowest BCUT2D eigenvalue weighted by Gasteiger charge is -2.28. The quantitative estimate of drug-likeness (QED) is 0.881. The van der Waals surface area contributed by atoms with E-state index >= 15 is 0 Å². The van der Waals surface area contributed by atoms with E-state index in [1.807, 2.05) is 31.2 Å². The molecule has 4 atom stereocenters. The third-order valence-electron chi connectivity index (χ3n) is 5.11. The predicted molar refractivity (Wildman–Crippen MR) is 77.0 cm³/mol. The standard InChI is InChI=1S/C17H23NO/c1-11-3-6-14(7-4-11)17(19)18-12(2)16-10-13-5-8-15(16)9-13/h3-4,6-7,12-13,15-16H,5,8-10H2,1-2H3,(H,18,19)/t12-,13-,15-,16+/m1/s1. The highest BCUT2D eigenvalue weighted by Crippen LogP contribution is 2.49. The molecule has 1 amide bonds. The van der Waals surface area contributed by atoms with Gasteiger partial charge in [-0.05, 0) is 63.0 Å². The molecule has 0 radical (unpaired) electrons. The second-order valence-electron chi connectivity index (χ2n) is 6.47. The van der Waals surface area contributed by atoms with Crippen molar-refractivity contribution in [2.45, 2.75) is 45.6 Å². The second kappa shape index (κ2) is 4.99. The van der Waals surface area contributed by atoms with Crippen LogP contribution >= 0.6 is 0 Å². The van der Waals surface area contributed by atoms with Crippen LogP contribution in [0.15, 0.2) is 24.3 Å². The van der Waals surface area contributed by atoms with Crippen LogP contribution in [0.25, 0.3) is 0 Å². The molecule has 2 nitrogen and oxygen atoms in total. The van der Waals surface area contributed by atoms with Crippen LogP contribution in [-0.4, -0.2) is 11.9 Å². The zero-order valence-corrected chi connectivity index (χ0v) is 11.9. The molecule has 0 saturated heterocycles. The van der Waals surface area contributed by atoms with Gasteiger partial charge in [-0.25, -0.2) is 0 Å². The summed E-state index contributed by atoms with van der Waals surface area (Å²) in [5.74, 6) is 2.58. The summed E-state index contributed by atoms with van der Waals surface area (Å²) in [6.45, 7) is 4.22. The molecule has 0 heterocycles. The Morgan fingerprint density at radius 1 is 1.21 bits per heavy atom. The highest BCUT2D eigenvalue weighted by atomic mass is 16.1. The van der Waals surface area contributed by atoms with Gasteiger partial charge in [-0.2, -0.15) is 0 Å².